The van der Waals surface area contributed by atoms with Crippen LogP contribution in [0.25, 0.3) is 0 Å². The highest BCUT2D eigenvalue weighted by molar-refractivity contribution is 7.11. The molecule has 0 unspecified atom stereocenters. The van der Waals surface area contributed by atoms with E-state index in [2.05, 4.69) is 4.98 Å². The smallest absolute Gasteiger partial charge is 0.119 e. The predicted octanol–water partition coefficient (Wildman–Crippen LogP) is 3.49. The Morgan fingerprint density at radius 2 is 2.16 bits per heavy atom. The van der Waals surface area contributed by atoms with Crippen molar-refractivity contribution in [1.82, 2.24) is 4.98 Å². The van der Waals surface area contributed by atoms with Crippen molar-refractivity contribution in [2.45, 2.75) is 26.8 Å². The molecule has 102 valence electrons. The van der Waals surface area contributed by atoms with Gasteiger partial charge in [-0.3, -0.25) is 0 Å². The second kappa shape index (κ2) is 6.37. The van der Waals surface area contributed by atoms with E-state index in [0.717, 1.165) is 38.3 Å². The Labute approximate surface area is 122 Å². The van der Waals surface area contributed by atoms with Gasteiger partial charge >= 0.3 is 0 Å². The molecular formula is C14H17ClN2OS. The maximum Gasteiger partial charge on any atom is 0.119 e. The molecule has 0 fully saturated rings. The largest absolute Gasteiger partial charge is 0.493 e. The number of nitrogens with two attached hydrogens (primary N) is 1. The monoisotopic (exact) mass is 296 g/mol. The summed E-state index contributed by atoms with van der Waals surface area (Å²) in [5.74, 6) is 0.842. The number of halogens is 1. The molecule has 0 spiro atoms. The van der Waals surface area contributed by atoms with Crippen molar-refractivity contribution in [3.8, 4) is 5.75 Å². The number of benzene rings is 1. The van der Waals surface area contributed by atoms with Crippen LogP contribution in [0.4, 0.5) is 0 Å². The summed E-state index contributed by atoms with van der Waals surface area (Å²) in [4.78, 5) is 5.63. The lowest BCUT2D eigenvalue weighted by Gasteiger charge is -2.06. The first kappa shape index (κ1) is 14.3. The van der Waals surface area contributed by atoms with Crippen molar-refractivity contribution >= 4 is 22.9 Å². The molecule has 0 aliphatic carbocycles. The first-order valence-electron chi connectivity index (χ1n) is 6.14. The second-order valence-corrected chi connectivity index (χ2v) is 5.91. The lowest BCUT2D eigenvalue weighted by atomic mass is 10.2. The summed E-state index contributed by atoms with van der Waals surface area (Å²) in [7, 11) is 0. The van der Waals surface area contributed by atoms with Crippen LogP contribution in [0.5, 0.6) is 5.75 Å². The van der Waals surface area contributed by atoms with Gasteiger partial charge in [0.2, 0.25) is 0 Å². The first-order chi connectivity index (χ1) is 9.10. The van der Waals surface area contributed by atoms with Crippen LogP contribution in [0.2, 0.25) is 5.02 Å². The third kappa shape index (κ3) is 3.69. The fourth-order valence-electron chi connectivity index (χ4n) is 1.75. The summed E-state index contributed by atoms with van der Waals surface area (Å²) in [6.07, 6.45) is 0.799. The molecular weight excluding hydrogens is 280 g/mol. The van der Waals surface area contributed by atoms with Crippen LogP contribution in [0.3, 0.4) is 0 Å². The predicted molar refractivity (Wildman–Crippen MR) is 80.1 cm³/mol. The molecule has 3 nitrogen and oxygen atoms in total. The van der Waals surface area contributed by atoms with Gasteiger partial charge in [0.1, 0.15) is 5.75 Å². The van der Waals surface area contributed by atoms with Crippen molar-refractivity contribution in [3.05, 3.63) is 44.4 Å². The van der Waals surface area contributed by atoms with Gasteiger partial charge < -0.3 is 10.5 Å². The third-order valence-electron chi connectivity index (χ3n) is 2.84. The molecule has 0 bridgehead atoms. The van der Waals surface area contributed by atoms with Crippen LogP contribution in [0, 0.1) is 13.8 Å². The number of nitrogens with zero attached hydrogens (tertiary/aromatic N) is 1. The Morgan fingerprint density at radius 3 is 2.79 bits per heavy atom. The summed E-state index contributed by atoms with van der Waals surface area (Å²) in [6.45, 7) is 5.12. The summed E-state index contributed by atoms with van der Waals surface area (Å²) in [6, 6.07) is 5.68. The minimum Gasteiger partial charge on any atom is -0.493 e. The van der Waals surface area contributed by atoms with Crippen LogP contribution in [0.1, 0.15) is 21.1 Å². The summed E-state index contributed by atoms with van der Waals surface area (Å²) in [5, 5.41) is 1.83. The molecule has 0 aliphatic heterocycles. The van der Waals surface area contributed by atoms with E-state index < -0.39 is 0 Å². The average Bonchev–Trinajstić information content (AvgIpc) is 2.74. The van der Waals surface area contributed by atoms with E-state index in [4.69, 9.17) is 22.1 Å². The van der Waals surface area contributed by atoms with Gasteiger partial charge in [0.25, 0.3) is 0 Å². The fraction of sp³-hybridized carbons (Fsp3) is 0.357. The van der Waals surface area contributed by atoms with Gasteiger partial charge in [-0.1, -0.05) is 11.6 Å². The summed E-state index contributed by atoms with van der Waals surface area (Å²) >= 11 is 7.63. The Kier molecular flexibility index (Phi) is 4.80. The molecule has 0 amide bonds. The zero-order valence-electron chi connectivity index (χ0n) is 11.1. The highest BCUT2D eigenvalue weighted by Gasteiger charge is 2.06. The SMILES string of the molecule is Cc1cc(OCCc2nc(C)c(CN)s2)ccc1Cl. The van der Waals surface area contributed by atoms with Gasteiger partial charge in [0, 0.05) is 22.9 Å². The molecule has 5 heteroatoms. The molecule has 0 saturated heterocycles. The van der Waals surface area contributed by atoms with Gasteiger partial charge in [0.05, 0.1) is 17.3 Å². The lowest BCUT2D eigenvalue weighted by molar-refractivity contribution is 0.321. The Morgan fingerprint density at radius 1 is 1.37 bits per heavy atom. The minimum absolute atomic E-state index is 0.556. The number of thiazole rings is 1. The number of aryl methyl sites for hydroxylation is 2. The zero-order valence-corrected chi connectivity index (χ0v) is 12.6. The number of rotatable bonds is 5. The van der Waals surface area contributed by atoms with Gasteiger partial charge in [-0.25, -0.2) is 4.98 Å². The molecule has 0 saturated carbocycles. The van der Waals surface area contributed by atoms with Crippen LogP contribution < -0.4 is 10.5 Å². The van der Waals surface area contributed by atoms with Crippen molar-refractivity contribution < 1.29 is 4.74 Å². The van der Waals surface area contributed by atoms with Crippen LogP contribution in [0.15, 0.2) is 18.2 Å². The molecule has 0 aliphatic rings. The Bertz CT molecular complexity index is 569. The number of aromatic nitrogens is 1. The molecule has 0 atom stereocenters. The van der Waals surface area contributed by atoms with Gasteiger partial charge in [-0.2, -0.15) is 0 Å². The number of hydrogen-bond acceptors (Lipinski definition) is 4. The van der Waals surface area contributed by atoms with E-state index >= 15 is 0 Å². The van der Waals surface area contributed by atoms with E-state index in [1.807, 2.05) is 32.0 Å². The highest BCUT2D eigenvalue weighted by atomic mass is 35.5. The Hall–Kier alpha value is -1.10. The maximum atomic E-state index is 5.97. The molecule has 2 rings (SSSR count). The number of ether oxygens (including phenoxy) is 1. The summed E-state index contributed by atoms with van der Waals surface area (Å²) in [5.41, 5.74) is 7.70. The standard InChI is InChI=1S/C14H17ClN2OS/c1-9-7-11(3-4-12(9)15)18-6-5-14-17-10(2)13(8-16)19-14/h3-4,7H,5-6,8,16H2,1-2H3. The van der Waals surface area contributed by atoms with E-state index in [1.165, 1.54) is 0 Å². The quantitative estimate of drug-likeness (QED) is 0.919. The van der Waals surface area contributed by atoms with Crippen LogP contribution >= 0.6 is 22.9 Å². The zero-order chi connectivity index (χ0) is 13.8. The minimum atomic E-state index is 0.556. The van der Waals surface area contributed by atoms with Crippen molar-refractivity contribution in [2.75, 3.05) is 6.61 Å². The van der Waals surface area contributed by atoms with Crippen molar-refractivity contribution in [3.63, 3.8) is 0 Å². The highest BCUT2D eigenvalue weighted by Crippen LogP contribution is 2.22. The molecule has 0 radical (unpaired) electrons. The van der Waals surface area contributed by atoms with E-state index in [0.29, 0.717) is 13.2 Å². The molecule has 1 aromatic carbocycles. The first-order valence-corrected chi connectivity index (χ1v) is 7.34. The normalized spacial score (nSPS) is 10.7. The number of hydrogen-bond donors (Lipinski definition) is 1. The molecule has 2 N–H and O–H groups in total. The van der Waals surface area contributed by atoms with Crippen LogP contribution in [-0.4, -0.2) is 11.6 Å². The van der Waals surface area contributed by atoms with Gasteiger partial charge in [-0.15, -0.1) is 11.3 Å². The van der Waals surface area contributed by atoms with Gasteiger partial charge in [0.15, 0.2) is 0 Å². The molecule has 2 aromatic rings. The van der Waals surface area contributed by atoms with E-state index in [-0.39, 0.29) is 0 Å². The van der Waals surface area contributed by atoms with E-state index in [9.17, 15) is 0 Å². The van der Waals surface area contributed by atoms with E-state index in [1.54, 1.807) is 11.3 Å². The van der Waals surface area contributed by atoms with Crippen molar-refractivity contribution in [1.29, 1.82) is 0 Å². The lowest BCUT2D eigenvalue weighted by Crippen LogP contribution is -2.01. The molecule has 1 heterocycles. The van der Waals surface area contributed by atoms with Crippen molar-refractivity contribution in [2.24, 2.45) is 5.73 Å². The topological polar surface area (TPSA) is 48.1 Å². The van der Waals surface area contributed by atoms with Crippen LogP contribution in [-0.2, 0) is 13.0 Å². The average molecular weight is 297 g/mol. The maximum absolute atomic E-state index is 5.97. The second-order valence-electron chi connectivity index (χ2n) is 4.33. The molecule has 1 aromatic heterocycles. The summed E-state index contributed by atoms with van der Waals surface area (Å²) < 4.78 is 5.71. The Balaban J connectivity index is 1.90. The fourth-order valence-corrected chi connectivity index (χ4v) is 2.79. The molecule has 19 heavy (non-hydrogen) atoms. The van der Waals surface area contributed by atoms with Gasteiger partial charge in [-0.05, 0) is 37.6 Å². The third-order valence-corrected chi connectivity index (χ3v) is 4.50.